The van der Waals surface area contributed by atoms with E-state index in [1.807, 2.05) is 13.2 Å². The summed E-state index contributed by atoms with van der Waals surface area (Å²) in [7, 11) is 2.04. The van der Waals surface area contributed by atoms with Crippen molar-refractivity contribution in [2.45, 2.75) is 46.2 Å². The maximum absolute atomic E-state index is 4.28. The summed E-state index contributed by atoms with van der Waals surface area (Å²) in [6, 6.07) is 2.72. The van der Waals surface area contributed by atoms with Gasteiger partial charge in [-0.2, -0.15) is 5.10 Å². The molecule has 86 valence electrons. The average Bonchev–Trinajstić information content (AvgIpc) is 2.65. The molecule has 1 aromatic rings. The standard InChI is InChI=1S/C12H23N3/c1-5-15-11(8-9-14-15)6-7-12(13-4)10(2)3/h8-10,12-13H,5-7H2,1-4H3. The number of nitrogens with zero attached hydrogens (tertiary/aromatic N) is 2. The van der Waals surface area contributed by atoms with Gasteiger partial charge in [0.05, 0.1) is 0 Å². The minimum absolute atomic E-state index is 0.602. The Morgan fingerprint density at radius 2 is 2.20 bits per heavy atom. The Labute approximate surface area is 92.9 Å². The lowest BCUT2D eigenvalue weighted by Crippen LogP contribution is -2.31. The Morgan fingerprint density at radius 3 is 2.73 bits per heavy atom. The van der Waals surface area contributed by atoms with Gasteiger partial charge in [0.1, 0.15) is 0 Å². The zero-order valence-electron chi connectivity index (χ0n) is 10.3. The maximum Gasteiger partial charge on any atom is 0.0492 e. The Morgan fingerprint density at radius 1 is 1.47 bits per heavy atom. The number of rotatable bonds is 6. The van der Waals surface area contributed by atoms with Gasteiger partial charge in [0.15, 0.2) is 0 Å². The fourth-order valence-corrected chi connectivity index (χ4v) is 1.97. The van der Waals surface area contributed by atoms with E-state index in [-0.39, 0.29) is 0 Å². The molecule has 3 heteroatoms. The molecule has 1 aromatic heterocycles. The van der Waals surface area contributed by atoms with Crippen molar-refractivity contribution in [3.63, 3.8) is 0 Å². The van der Waals surface area contributed by atoms with Crippen LogP contribution >= 0.6 is 0 Å². The van der Waals surface area contributed by atoms with E-state index >= 15 is 0 Å². The van der Waals surface area contributed by atoms with Crippen LogP contribution in [0, 0.1) is 5.92 Å². The molecule has 0 aliphatic rings. The molecule has 1 rings (SSSR count). The maximum atomic E-state index is 4.28. The van der Waals surface area contributed by atoms with Crippen molar-refractivity contribution in [3.05, 3.63) is 18.0 Å². The van der Waals surface area contributed by atoms with E-state index in [9.17, 15) is 0 Å². The molecular formula is C12H23N3. The summed E-state index contributed by atoms with van der Waals surface area (Å²) >= 11 is 0. The molecule has 1 unspecified atom stereocenters. The number of aryl methyl sites for hydroxylation is 2. The summed E-state index contributed by atoms with van der Waals surface area (Å²) in [5, 5.41) is 7.65. The molecule has 0 aliphatic heterocycles. The van der Waals surface area contributed by atoms with Crippen LogP contribution in [0.4, 0.5) is 0 Å². The van der Waals surface area contributed by atoms with Crippen LogP contribution in [-0.2, 0) is 13.0 Å². The molecule has 1 N–H and O–H groups in total. The first-order valence-corrected chi connectivity index (χ1v) is 5.87. The molecule has 0 amide bonds. The predicted molar refractivity (Wildman–Crippen MR) is 63.9 cm³/mol. The third kappa shape index (κ3) is 3.34. The quantitative estimate of drug-likeness (QED) is 0.777. The molecule has 0 saturated carbocycles. The lowest BCUT2D eigenvalue weighted by Gasteiger charge is -2.20. The Kier molecular flexibility index (Phi) is 4.82. The van der Waals surface area contributed by atoms with Crippen molar-refractivity contribution >= 4 is 0 Å². The van der Waals surface area contributed by atoms with E-state index in [1.165, 1.54) is 12.1 Å². The Hall–Kier alpha value is -0.830. The zero-order chi connectivity index (χ0) is 11.3. The first-order chi connectivity index (χ1) is 7.19. The molecule has 15 heavy (non-hydrogen) atoms. The van der Waals surface area contributed by atoms with Crippen molar-refractivity contribution in [3.8, 4) is 0 Å². The number of aromatic nitrogens is 2. The summed E-state index contributed by atoms with van der Waals surface area (Å²) in [5.41, 5.74) is 1.35. The molecule has 0 spiro atoms. The number of hydrogen-bond donors (Lipinski definition) is 1. The monoisotopic (exact) mass is 209 g/mol. The van der Waals surface area contributed by atoms with Crippen molar-refractivity contribution in [1.29, 1.82) is 0 Å². The van der Waals surface area contributed by atoms with Gasteiger partial charge in [-0.25, -0.2) is 0 Å². The van der Waals surface area contributed by atoms with E-state index in [2.05, 4.69) is 41.9 Å². The normalized spacial score (nSPS) is 13.4. The van der Waals surface area contributed by atoms with Crippen LogP contribution in [0.25, 0.3) is 0 Å². The second kappa shape index (κ2) is 5.91. The summed E-state index contributed by atoms with van der Waals surface area (Å²) in [4.78, 5) is 0. The van der Waals surface area contributed by atoms with Gasteiger partial charge in [0.25, 0.3) is 0 Å². The molecule has 3 nitrogen and oxygen atoms in total. The van der Waals surface area contributed by atoms with E-state index < -0.39 is 0 Å². The highest BCUT2D eigenvalue weighted by Crippen LogP contribution is 2.10. The van der Waals surface area contributed by atoms with E-state index in [4.69, 9.17) is 0 Å². The Balaban J connectivity index is 2.48. The summed E-state index contributed by atoms with van der Waals surface area (Å²) < 4.78 is 2.08. The van der Waals surface area contributed by atoms with Crippen molar-refractivity contribution in [1.82, 2.24) is 15.1 Å². The minimum Gasteiger partial charge on any atom is -0.317 e. The number of hydrogen-bond acceptors (Lipinski definition) is 2. The first-order valence-electron chi connectivity index (χ1n) is 5.87. The van der Waals surface area contributed by atoms with Gasteiger partial charge in [0.2, 0.25) is 0 Å². The van der Waals surface area contributed by atoms with E-state index in [0.29, 0.717) is 12.0 Å². The highest BCUT2D eigenvalue weighted by Gasteiger charge is 2.11. The Bertz CT molecular complexity index is 278. The summed E-state index contributed by atoms with van der Waals surface area (Å²) in [5.74, 6) is 0.688. The molecule has 0 saturated heterocycles. The van der Waals surface area contributed by atoms with Crippen LogP contribution in [-0.4, -0.2) is 22.9 Å². The molecule has 0 fully saturated rings. The predicted octanol–water partition coefficient (Wildman–Crippen LogP) is 2.08. The van der Waals surface area contributed by atoms with Gasteiger partial charge < -0.3 is 5.32 Å². The van der Waals surface area contributed by atoms with Crippen LogP contribution in [0.5, 0.6) is 0 Å². The minimum atomic E-state index is 0.602. The van der Waals surface area contributed by atoms with Crippen molar-refractivity contribution < 1.29 is 0 Å². The second-order valence-corrected chi connectivity index (χ2v) is 4.32. The smallest absolute Gasteiger partial charge is 0.0492 e. The van der Waals surface area contributed by atoms with Gasteiger partial charge in [-0.05, 0) is 38.8 Å². The molecule has 0 aromatic carbocycles. The summed E-state index contributed by atoms with van der Waals surface area (Å²) in [6.07, 6.45) is 4.18. The average molecular weight is 209 g/mol. The largest absolute Gasteiger partial charge is 0.317 e. The van der Waals surface area contributed by atoms with Gasteiger partial charge in [0, 0.05) is 24.5 Å². The molecule has 0 bridgehead atoms. The third-order valence-electron chi connectivity index (χ3n) is 2.99. The molecule has 0 radical (unpaired) electrons. The number of nitrogens with one attached hydrogen (secondary N) is 1. The van der Waals surface area contributed by atoms with Gasteiger partial charge in [-0.15, -0.1) is 0 Å². The zero-order valence-corrected chi connectivity index (χ0v) is 10.3. The third-order valence-corrected chi connectivity index (χ3v) is 2.99. The van der Waals surface area contributed by atoms with Crippen LogP contribution in [0.3, 0.4) is 0 Å². The van der Waals surface area contributed by atoms with Crippen LogP contribution in [0.1, 0.15) is 32.9 Å². The van der Waals surface area contributed by atoms with Gasteiger partial charge >= 0.3 is 0 Å². The van der Waals surface area contributed by atoms with Gasteiger partial charge in [-0.1, -0.05) is 13.8 Å². The molecule has 0 aliphatic carbocycles. The van der Waals surface area contributed by atoms with Crippen LogP contribution in [0.15, 0.2) is 12.3 Å². The SMILES string of the molecule is CCn1nccc1CCC(NC)C(C)C. The van der Waals surface area contributed by atoms with Crippen LogP contribution < -0.4 is 5.32 Å². The fraction of sp³-hybridized carbons (Fsp3) is 0.750. The van der Waals surface area contributed by atoms with Crippen molar-refractivity contribution in [2.75, 3.05) is 7.05 Å². The van der Waals surface area contributed by atoms with Crippen LogP contribution in [0.2, 0.25) is 0 Å². The highest BCUT2D eigenvalue weighted by molar-refractivity contribution is 5.01. The topological polar surface area (TPSA) is 29.9 Å². The van der Waals surface area contributed by atoms with E-state index in [0.717, 1.165) is 13.0 Å². The summed E-state index contributed by atoms with van der Waals surface area (Å²) in [6.45, 7) is 7.62. The first kappa shape index (κ1) is 12.2. The molecule has 1 heterocycles. The second-order valence-electron chi connectivity index (χ2n) is 4.32. The lowest BCUT2D eigenvalue weighted by atomic mass is 9.98. The molecular weight excluding hydrogens is 186 g/mol. The fourth-order valence-electron chi connectivity index (χ4n) is 1.97. The molecule has 1 atom stereocenters. The lowest BCUT2D eigenvalue weighted by molar-refractivity contribution is 0.398. The van der Waals surface area contributed by atoms with Gasteiger partial charge in [-0.3, -0.25) is 4.68 Å². The van der Waals surface area contributed by atoms with E-state index in [1.54, 1.807) is 0 Å². The van der Waals surface area contributed by atoms with Crippen molar-refractivity contribution in [2.24, 2.45) is 5.92 Å². The highest BCUT2D eigenvalue weighted by atomic mass is 15.3.